The molecule has 0 amide bonds. The molecule has 0 radical (unpaired) electrons. The first-order valence-corrected chi connectivity index (χ1v) is 18.3. The summed E-state index contributed by atoms with van der Waals surface area (Å²) >= 11 is 8.02. The number of Topliss-reactive ketones (excluding diaryl/α,β-unsaturated/α-hetero) is 1. The second kappa shape index (κ2) is 13.1. The fourth-order valence-electron chi connectivity index (χ4n) is 9.67. The summed E-state index contributed by atoms with van der Waals surface area (Å²) in [6.45, 7) is 6.60. The first-order valence-electron chi connectivity index (χ1n) is 16.9. The number of halogens is 3. The van der Waals surface area contributed by atoms with Crippen molar-refractivity contribution >= 4 is 40.6 Å². The summed E-state index contributed by atoms with van der Waals surface area (Å²) in [5, 5.41) is 26.0. The van der Waals surface area contributed by atoms with Crippen molar-refractivity contribution in [3.8, 4) is 0 Å². The molecule has 0 bridgehead atoms. The van der Waals surface area contributed by atoms with E-state index in [1.54, 1.807) is 25.6 Å². The van der Waals surface area contributed by atoms with Gasteiger partial charge in [0, 0.05) is 39.0 Å². The van der Waals surface area contributed by atoms with Crippen LogP contribution >= 0.6 is 23.4 Å². The number of allylic oxidation sites excluding steroid dienone is 4. The molecule has 4 fully saturated rings. The van der Waals surface area contributed by atoms with Gasteiger partial charge in [-0.25, -0.2) is 8.78 Å². The lowest BCUT2D eigenvalue weighted by molar-refractivity contribution is -0.235. The van der Waals surface area contributed by atoms with Crippen LogP contribution in [0.5, 0.6) is 0 Å². The normalized spacial score (nSPS) is 38.4. The Bertz CT molecular complexity index is 1740. The zero-order valence-corrected chi connectivity index (χ0v) is 29.5. The third kappa shape index (κ3) is 5.35. The number of aliphatic hydroxyl groups excluding tert-OH is 2. The third-order valence-corrected chi connectivity index (χ3v) is 13.4. The van der Waals surface area contributed by atoms with Gasteiger partial charge in [0.05, 0.1) is 22.9 Å². The molecule has 1 aliphatic heterocycles. The molecule has 5 aliphatic rings. The molecule has 0 spiro atoms. The number of carbonyl (C=O) groups excluding carboxylic acids is 2. The smallest absolute Gasteiger partial charge is 0.193 e. The molecule has 3 saturated carbocycles. The lowest BCUT2D eigenvalue weighted by Gasteiger charge is -2.63. The standard InChI is InChI=1S/C38H42ClF2NO6S.CH4/c1-20(2)42-30-14-24(9-10-28(30)39)49-19-21-5-7-22(8-6-21)34-47-33-16-25-26-15-29(40)27-13-23(44)11-12-35(27,3)37(26,41)31(45)17-36(25,4)38(33,48-34)32(46)18-43;/h5-14,20,25-26,29,31,33-34,42-43,45H,15-19H2,1-4H3;1H4/t25-,26-,29-,31-,33+,34+,35-,36-,37-,38+;/m0./s1. The van der Waals surface area contributed by atoms with E-state index < -0.39 is 76.8 Å². The van der Waals surface area contributed by atoms with Gasteiger partial charge in [0.1, 0.15) is 12.8 Å². The molecule has 7 nitrogen and oxygen atoms in total. The van der Waals surface area contributed by atoms with E-state index in [0.29, 0.717) is 16.3 Å². The molecule has 50 heavy (non-hydrogen) atoms. The molecule has 1 heterocycles. The van der Waals surface area contributed by atoms with E-state index in [0.717, 1.165) is 22.2 Å². The summed E-state index contributed by atoms with van der Waals surface area (Å²) in [6, 6.07) is 13.8. The topological polar surface area (TPSA) is 105 Å². The average molecular weight is 730 g/mol. The number of fused-ring (bicyclic) bond motifs is 7. The van der Waals surface area contributed by atoms with Gasteiger partial charge in [-0.2, -0.15) is 0 Å². The molecular weight excluding hydrogens is 684 g/mol. The Kier molecular flexibility index (Phi) is 9.75. The van der Waals surface area contributed by atoms with Crippen LogP contribution in [0.25, 0.3) is 0 Å². The number of anilines is 1. The summed E-state index contributed by atoms with van der Waals surface area (Å²) in [4.78, 5) is 27.0. The Morgan fingerprint density at radius 2 is 1.86 bits per heavy atom. The fraction of sp³-hybridized carbons (Fsp3) is 0.538. The molecule has 0 unspecified atom stereocenters. The maximum Gasteiger partial charge on any atom is 0.193 e. The number of thioether (sulfide) groups is 1. The Morgan fingerprint density at radius 3 is 2.54 bits per heavy atom. The Labute approximate surface area is 301 Å². The number of ketones is 2. The highest BCUT2D eigenvalue weighted by Crippen LogP contribution is 2.72. The maximum absolute atomic E-state index is 17.6. The van der Waals surface area contributed by atoms with Crippen molar-refractivity contribution in [2.45, 2.75) is 107 Å². The Hall–Kier alpha value is -2.60. The molecule has 4 aliphatic carbocycles. The van der Waals surface area contributed by atoms with Crippen LogP contribution in [0.4, 0.5) is 14.5 Å². The van der Waals surface area contributed by atoms with Gasteiger partial charge >= 0.3 is 0 Å². The number of nitrogens with one attached hydrogen (secondary N) is 1. The minimum atomic E-state index is -2.29. The van der Waals surface area contributed by atoms with Crippen molar-refractivity contribution in [1.82, 2.24) is 0 Å². The number of hydrogen-bond donors (Lipinski definition) is 3. The molecule has 10 atom stereocenters. The third-order valence-electron chi connectivity index (χ3n) is 12.0. The minimum Gasteiger partial charge on any atom is -0.390 e. The van der Waals surface area contributed by atoms with Gasteiger partial charge in [-0.3, -0.25) is 9.59 Å². The second-order valence-electron chi connectivity index (χ2n) is 15.0. The van der Waals surface area contributed by atoms with Crippen molar-refractivity contribution < 1.29 is 38.1 Å². The number of carbonyl (C=O) groups is 2. The quantitative estimate of drug-likeness (QED) is 0.237. The molecule has 11 heteroatoms. The molecule has 2 aromatic carbocycles. The van der Waals surface area contributed by atoms with Crippen LogP contribution in [0.15, 0.2) is 71.2 Å². The highest BCUT2D eigenvalue weighted by molar-refractivity contribution is 7.98. The van der Waals surface area contributed by atoms with Crippen molar-refractivity contribution in [2.75, 3.05) is 11.9 Å². The monoisotopic (exact) mass is 729 g/mol. The van der Waals surface area contributed by atoms with Gasteiger partial charge in [0.15, 0.2) is 29.1 Å². The molecular formula is C39H46ClF2NO6S. The van der Waals surface area contributed by atoms with E-state index in [2.05, 4.69) is 19.2 Å². The predicted octanol–water partition coefficient (Wildman–Crippen LogP) is 7.73. The lowest BCUT2D eigenvalue weighted by atomic mass is 9.44. The molecule has 1 saturated heterocycles. The maximum atomic E-state index is 17.6. The Balaban J connectivity index is 0.00000432. The van der Waals surface area contributed by atoms with Crippen LogP contribution < -0.4 is 5.32 Å². The number of ether oxygens (including phenoxy) is 2. The predicted molar refractivity (Wildman–Crippen MR) is 190 cm³/mol. The van der Waals surface area contributed by atoms with Gasteiger partial charge in [0.2, 0.25) is 0 Å². The molecule has 2 aromatic rings. The fourth-order valence-corrected chi connectivity index (χ4v) is 10.7. The van der Waals surface area contributed by atoms with Gasteiger partial charge in [-0.05, 0) is 87.4 Å². The summed E-state index contributed by atoms with van der Waals surface area (Å²) in [5.41, 5.74) is -4.02. The van der Waals surface area contributed by atoms with Gasteiger partial charge < -0.3 is 25.0 Å². The summed E-state index contributed by atoms with van der Waals surface area (Å²) in [5.74, 6) is -1.92. The van der Waals surface area contributed by atoms with Gasteiger partial charge in [-0.15, -0.1) is 11.8 Å². The zero-order valence-electron chi connectivity index (χ0n) is 27.9. The highest BCUT2D eigenvalue weighted by atomic mass is 35.5. The largest absolute Gasteiger partial charge is 0.390 e. The van der Waals surface area contributed by atoms with Crippen LogP contribution in [-0.4, -0.2) is 64.1 Å². The average Bonchev–Trinajstić information content (AvgIpc) is 3.56. The summed E-state index contributed by atoms with van der Waals surface area (Å²) in [7, 11) is 0. The van der Waals surface area contributed by atoms with Crippen molar-refractivity contribution in [1.29, 1.82) is 0 Å². The van der Waals surface area contributed by atoms with Crippen molar-refractivity contribution in [3.05, 3.63) is 82.4 Å². The van der Waals surface area contributed by atoms with Crippen molar-refractivity contribution in [3.63, 3.8) is 0 Å². The zero-order chi connectivity index (χ0) is 35.1. The van der Waals surface area contributed by atoms with E-state index in [-0.39, 0.29) is 38.3 Å². The van der Waals surface area contributed by atoms with Gasteiger partial charge in [0.25, 0.3) is 0 Å². The Morgan fingerprint density at radius 1 is 1.14 bits per heavy atom. The highest BCUT2D eigenvalue weighted by Gasteiger charge is 2.80. The molecule has 0 aromatic heterocycles. The number of aliphatic hydroxyl groups is 2. The van der Waals surface area contributed by atoms with Crippen LogP contribution in [0.2, 0.25) is 5.02 Å². The van der Waals surface area contributed by atoms with E-state index in [1.165, 1.54) is 12.2 Å². The SMILES string of the molecule is C.CC(C)Nc1cc(SCc2ccc([C@@H]3O[C@@H]4C[C@H]5[C@@H]6C[C@H](F)C7=CC(=O)C=C[C@]7(C)[C@@]6(F)[C@@H](O)C[C@]5(C)[C@]4(C(=O)CO)O3)cc2)ccc1Cl. The molecule has 7 rings (SSSR count). The minimum absolute atomic E-state index is 0. The molecule has 3 N–H and O–H groups in total. The van der Waals surface area contributed by atoms with E-state index in [1.807, 2.05) is 42.5 Å². The van der Waals surface area contributed by atoms with Crippen LogP contribution in [0, 0.1) is 22.7 Å². The van der Waals surface area contributed by atoms with Crippen LogP contribution in [-0.2, 0) is 24.8 Å². The number of hydrogen-bond acceptors (Lipinski definition) is 8. The number of alkyl halides is 2. The first kappa shape index (κ1) is 37.2. The number of benzene rings is 2. The number of rotatable bonds is 8. The second-order valence-corrected chi connectivity index (χ2v) is 16.4. The van der Waals surface area contributed by atoms with Crippen LogP contribution in [0.1, 0.15) is 71.8 Å². The van der Waals surface area contributed by atoms with E-state index >= 15 is 8.78 Å². The van der Waals surface area contributed by atoms with Gasteiger partial charge in [-0.1, -0.05) is 56.3 Å². The summed E-state index contributed by atoms with van der Waals surface area (Å²) < 4.78 is 46.5. The summed E-state index contributed by atoms with van der Waals surface area (Å²) in [6.07, 6.45) is -1.42. The first-order chi connectivity index (χ1) is 23.2. The van der Waals surface area contributed by atoms with Crippen LogP contribution in [0.3, 0.4) is 0 Å². The van der Waals surface area contributed by atoms with E-state index in [4.69, 9.17) is 21.1 Å². The molecule has 270 valence electrons. The van der Waals surface area contributed by atoms with E-state index in [9.17, 15) is 19.8 Å². The lowest BCUT2D eigenvalue weighted by Crippen LogP contribution is -2.70. The van der Waals surface area contributed by atoms with Crippen molar-refractivity contribution in [2.24, 2.45) is 22.7 Å².